The summed E-state index contributed by atoms with van der Waals surface area (Å²) in [4.78, 5) is 29.0. The number of halogens is 3. The molecule has 11 heteroatoms. The van der Waals surface area contributed by atoms with Gasteiger partial charge in [0.15, 0.2) is 0 Å². The molecule has 0 aliphatic heterocycles. The molecule has 0 saturated carbocycles. The van der Waals surface area contributed by atoms with Crippen LogP contribution in [0.5, 0.6) is 0 Å². The maximum absolute atomic E-state index is 14.1. The monoisotopic (exact) mass is 623 g/mol. The number of hydrogen-bond acceptors (Lipinski definition) is 4. The van der Waals surface area contributed by atoms with Crippen LogP contribution in [-0.4, -0.2) is 50.5 Å². The van der Waals surface area contributed by atoms with Gasteiger partial charge in [0, 0.05) is 24.5 Å². The highest BCUT2D eigenvalue weighted by molar-refractivity contribution is 7.92. The summed E-state index contributed by atoms with van der Waals surface area (Å²) in [6.07, 6.45) is 1.96. The van der Waals surface area contributed by atoms with E-state index in [1.54, 1.807) is 37.3 Å². The van der Waals surface area contributed by atoms with E-state index in [0.717, 1.165) is 16.1 Å². The van der Waals surface area contributed by atoms with Gasteiger partial charge in [0.05, 0.1) is 22.0 Å². The Hall–Kier alpha value is -2.78. The summed E-state index contributed by atoms with van der Waals surface area (Å²) in [6, 6.07) is 18.2. The molecule has 3 rings (SSSR count). The highest BCUT2D eigenvalue weighted by Crippen LogP contribution is 2.28. The molecule has 3 aromatic rings. The summed E-state index contributed by atoms with van der Waals surface area (Å²) >= 11 is 18.6. The molecule has 0 aliphatic rings. The Morgan fingerprint density at radius 1 is 0.925 bits per heavy atom. The Bertz CT molecular complexity index is 1450. The van der Waals surface area contributed by atoms with Gasteiger partial charge in [-0.05, 0) is 54.3 Å². The molecule has 0 saturated heterocycles. The van der Waals surface area contributed by atoms with Crippen LogP contribution in [0, 0.1) is 6.92 Å². The molecule has 0 spiro atoms. The van der Waals surface area contributed by atoms with Gasteiger partial charge in [0.2, 0.25) is 21.8 Å². The third kappa shape index (κ3) is 8.61. The van der Waals surface area contributed by atoms with Crippen LogP contribution in [0.4, 0.5) is 5.69 Å². The first kappa shape index (κ1) is 31.7. The van der Waals surface area contributed by atoms with Crippen molar-refractivity contribution in [2.24, 2.45) is 0 Å². The molecular weight excluding hydrogens is 593 g/mol. The fourth-order valence-corrected chi connectivity index (χ4v) is 5.59. The Morgan fingerprint density at radius 3 is 2.25 bits per heavy atom. The van der Waals surface area contributed by atoms with Gasteiger partial charge in [-0.15, -0.1) is 0 Å². The quantitative estimate of drug-likeness (QED) is 0.272. The summed E-state index contributed by atoms with van der Waals surface area (Å²) in [5, 5.41) is 3.88. The van der Waals surface area contributed by atoms with Crippen molar-refractivity contribution in [3.63, 3.8) is 0 Å². The number of anilines is 1. The zero-order valence-electron chi connectivity index (χ0n) is 22.5. The van der Waals surface area contributed by atoms with Crippen molar-refractivity contribution in [3.05, 3.63) is 98.5 Å². The second kappa shape index (κ2) is 14.2. The van der Waals surface area contributed by atoms with E-state index in [1.165, 1.54) is 11.0 Å². The minimum absolute atomic E-state index is 0.00109. The number of carbonyl (C=O) groups is 2. The van der Waals surface area contributed by atoms with Crippen LogP contribution < -0.4 is 9.62 Å². The number of sulfonamides is 1. The smallest absolute Gasteiger partial charge is 0.244 e. The fourth-order valence-electron chi connectivity index (χ4n) is 4.20. The number of nitrogens with one attached hydrogen (secondary N) is 1. The van der Waals surface area contributed by atoms with E-state index in [2.05, 4.69) is 5.32 Å². The Balaban J connectivity index is 2.09. The largest absolute Gasteiger partial charge is 0.354 e. The van der Waals surface area contributed by atoms with Crippen LogP contribution in [0.2, 0.25) is 15.1 Å². The average Bonchev–Trinajstić information content (AvgIpc) is 2.91. The second-order valence-corrected chi connectivity index (χ2v) is 12.6. The van der Waals surface area contributed by atoms with Gasteiger partial charge in [-0.25, -0.2) is 8.42 Å². The molecule has 0 bridgehead atoms. The second-order valence-electron chi connectivity index (χ2n) is 9.47. The molecule has 1 unspecified atom stereocenters. The predicted molar refractivity (Wildman–Crippen MR) is 163 cm³/mol. The Kier molecular flexibility index (Phi) is 11.3. The van der Waals surface area contributed by atoms with Crippen molar-refractivity contribution in [2.45, 2.75) is 39.3 Å². The lowest BCUT2D eigenvalue weighted by atomic mass is 10.0. The predicted octanol–water partition coefficient (Wildman–Crippen LogP) is 5.89. The van der Waals surface area contributed by atoms with Crippen molar-refractivity contribution in [2.75, 3.05) is 23.7 Å². The zero-order chi connectivity index (χ0) is 29.4. The highest BCUT2D eigenvalue weighted by Gasteiger charge is 2.33. The van der Waals surface area contributed by atoms with Crippen molar-refractivity contribution in [1.29, 1.82) is 0 Å². The molecule has 1 N–H and O–H groups in total. The van der Waals surface area contributed by atoms with Crippen LogP contribution in [0.3, 0.4) is 0 Å². The van der Waals surface area contributed by atoms with Crippen LogP contribution in [0.25, 0.3) is 0 Å². The van der Waals surface area contributed by atoms with E-state index in [4.69, 9.17) is 34.8 Å². The summed E-state index contributed by atoms with van der Waals surface area (Å²) in [5.74, 6) is -0.910. The molecule has 1 atom stereocenters. The first-order valence-corrected chi connectivity index (χ1v) is 15.7. The number of hydrogen-bond donors (Lipinski definition) is 1. The van der Waals surface area contributed by atoms with E-state index in [9.17, 15) is 18.0 Å². The van der Waals surface area contributed by atoms with Gasteiger partial charge in [0.1, 0.15) is 12.6 Å². The molecule has 0 radical (unpaired) electrons. The van der Waals surface area contributed by atoms with E-state index in [-0.39, 0.29) is 24.6 Å². The molecule has 214 valence electrons. The summed E-state index contributed by atoms with van der Waals surface area (Å²) < 4.78 is 26.9. The molecule has 0 aromatic heterocycles. The normalized spacial score (nSPS) is 12.1. The summed E-state index contributed by atoms with van der Waals surface area (Å²) in [5.41, 5.74) is 2.39. The third-order valence-electron chi connectivity index (χ3n) is 6.28. The lowest BCUT2D eigenvalue weighted by molar-refractivity contribution is -0.140. The summed E-state index contributed by atoms with van der Waals surface area (Å²) in [7, 11) is -3.90. The minimum Gasteiger partial charge on any atom is -0.354 e. The van der Waals surface area contributed by atoms with E-state index >= 15 is 0 Å². The number of aryl methyl sites for hydroxylation is 1. The van der Waals surface area contributed by atoms with Crippen molar-refractivity contribution in [3.8, 4) is 0 Å². The van der Waals surface area contributed by atoms with E-state index in [1.807, 2.05) is 37.3 Å². The maximum atomic E-state index is 14.1. The fraction of sp³-hybridized carbons (Fsp3) is 0.310. The molecule has 0 heterocycles. The van der Waals surface area contributed by atoms with Crippen LogP contribution >= 0.6 is 34.8 Å². The van der Waals surface area contributed by atoms with Gasteiger partial charge >= 0.3 is 0 Å². The molecule has 2 amide bonds. The van der Waals surface area contributed by atoms with Crippen LogP contribution in [-0.2, 0) is 32.6 Å². The lowest BCUT2D eigenvalue weighted by Crippen LogP contribution is -2.53. The van der Waals surface area contributed by atoms with Crippen LogP contribution in [0.15, 0.2) is 66.7 Å². The lowest BCUT2D eigenvalue weighted by Gasteiger charge is -2.34. The number of carbonyl (C=O) groups excluding carboxylic acids is 2. The van der Waals surface area contributed by atoms with Crippen LogP contribution in [0.1, 0.15) is 30.0 Å². The molecule has 0 fully saturated rings. The molecule has 7 nitrogen and oxygen atoms in total. The van der Waals surface area contributed by atoms with Gasteiger partial charge in [-0.2, -0.15) is 0 Å². The van der Waals surface area contributed by atoms with Crippen molar-refractivity contribution in [1.82, 2.24) is 10.2 Å². The minimum atomic E-state index is -3.90. The third-order valence-corrected chi connectivity index (χ3v) is 8.38. The number of nitrogens with zero attached hydrogens (tertiary/aromatic N) is 2. The standard InChI is InChI=1S/C29H32Cl3N3O4S/c1-4-14-33-29(37)27(16-21-8-6-5-7-9-21)34(18-22-11-13-24(31)25(32)15-22)28(36)19-35(40(3,38)39)26-17-23(30)12-10-20(26)2/h5-13,15,17,27H,4,14,16,18-19H2,1-3H3,(H,33,37). The summed E-state index contributed by atoms with van der Waals surface area (Å²) in [6.45, 7) is 3.56. The van der Waals surface area contributed by atoms with Crippen molar-refractivity contribution < 1.29 is 18.0 Å². The molecule has 0 aliphatic carbocycles. The highest BCUT2D eigenvalue weighted by atomic mass is 35.5. The van der Waals surface area contributed by atoms with Gasteiger partial charge in [0.25, 0.3) is 0 Å². The van der Waals surface area contributed by atoms with E-state index in [0.29, 0.717) is 39.2 Å². The Labute approximate surface area is 251 Å². The number of rotatable bonds is 12. The first-order chi connectivity index (χ1) is 18.9. The molecule has 3 aromatic carbocycles. The van der Waals surface area contributed by atoms with Gasteiger partial charge in [-0.3, -0.25) is 13.9 Å². The average molecular weight is 625 g/mol. The first-order valence-electron chi connectivity index (χ1n) is 12.7. The SMILES string of the molecule is CCCNC(=O)C(Cc1ccccc1)N(Cc1ccc(Cl)c(Cl)c1)C(=O)CN(c1cc(Cl)ccc1C)S(C)(=O)=O. The topological polar surface area (TPSA) is 86.8 Å². The van der Waals surface area contributed by atoms with E-state index < -0.39 is 28.5 Å². The zero-order valence-corrected chi connectivity index (χ0v) is 25.6. The van der Waals surface area contributed by atoms with Gasteiger partial charge < -0.3 is 10.2 Å². The van der Waals surface area contributed by atoms with Crippen molar-refractivity contribution >= 4 is 62.3 Å². The maximum Gasteiger partial charge on any atom is 0.244 e. The Morgan fingerprint density at radius 2 is 1.62 bits per heavy atom. The number of benzene rings is 3. The molecule has 40 heavy (non-hydrogen) atoms. The number of amides is 2. The van der Waals surface area contributed by atoms with Gasteiger partial charge in [-0.1, -0.05) is 84.2 Å². The molecular formula is C29H32Cl3N3O4S.